The van der Waals surface area contributed by atoms with Crippen molar-refractivity contribution in [2.24, 2.45) is 0 Å². The van der Waals surface area contributed by atoms with Crippen LogP contribution in [0.3, 0.4) is 0 Å². The van der Waals surface area contributed by atoms with Crippen LogP contribution in [0.5, 0.6) is 0 Å². The van der Waals surface area contributed by atoms with Gasteiger partial charge in [-0.3, -0.25) is 9.59 Å². The number of nitrogens with zero attached hydrogens (tertiary/aromatic N) is 4. The van der Waals surface area contributed by atoms with Crippen molar-refractivity contribution in [3.63, 3.8) is 0 Å². The number of aromatic nitrogens is 4. The molecule has 0 spiro atoms. The lowest BCUT2D eigenvalue weighted by atomic mass is 9.95. The lowest BCUT2D eigenvalue weighted by Gasteiger charge is -2.18. The van der Waals surface area contributed by atoms with E-state index in [0.717, 1.165) is 11.1 Å². The molecule has 1 amide bonds. The zero-order valence-electron chi connectivity index (χ0n) is 16.5. The number of aryl methyl sites for hydroxylation is 1. The number of hydrogen-bond acceptors (Lipinski definition) is 6. The SMILES string of the molecule is Cc1nnc(CN(C)C(=O)c2c(-c3ccccc3)c(-c3ccccc3)n[nH]c2=O)o1. The summed E-state index contributed by atoms with van der Waals surface area (Å²) in [5.74, 6) is 0.230. The molecule has 8 nitrogen and oxygen atoms in total. The highest BCUT2D eigenvalue weighted by molar-refractivity contribution is 6.03. The van der Waals surface area contributed by atoms with Crippen LogP contribution in [0.25, 0.3) is 22.4 Å². The lowest BCUT2D eigenvalue weighted by Crippen LogP contribution is -2.33. The van der Waals surface area contributed by atoms with Gasteiger partial charge >= 0.3 is 0 Å². The summed E-state index contributed by atoms with van der Waals surface area (Å²) >= 11 is 0. The van der Waals surface area contributed by atoms with Crippen molar-refractivity contribution in [3.8, 4) is 22.4 Å². The second-order valence-electron chi connectivity index (χ2n) is 6.76. The minimum absolute atomic E-state index is 0.00814. The molecule has 0 fully saturated rings. The summed E-state index contributed by atoms with van der Waals surface area (Å²) in [4.78, 5) is 27.5. The summed E-state index contributed by atoms with van der Waals surface area (Å²) in [6.07, 6.45) is 0. The molecule has 4 aromatic rings. The minimum atomic E-state index is -0.563. The van der Waals surface area contributed by atoms with E-state index in [4.69, 9.17) is 4.42 Å². The van der Waals surface area contributed by atoms with Crippen LogP contribution in [0.15, 0.2) is 69.9 Å². The molecule has 0 aliphatic heterocycles. The third-order valence-corrected chi connectivity index (χ3v) is 4.59. The Morgan fingerprint density at radius 2 is 1.63 bits per heavy atom. The second kappa shape index (κ2) is 8.12. The maximum absolute atomic E-state index is 13.3. The highest BCUT2D eigenvalue weighted by Gasteiger charge is 2.26. The number of carbonyl (C=O) groups excluding carboxylic acids is 1. The van der Waals surface area contributed by atoms with Crippen molar-refractivity contribution in [1.29, 1.82) is 0 Å². The minimum Gasteiger partial charge on any atom is -0.424 e. The number of carbonyl (C=O) groups is 1. The molecule has 8 heteroatoms. The molecular weight excluding hydrogens is 382 g/mol. The number of aromatic amines is 1. The molecule has 0 saturated heterocycles. The molecule has 0 radical (unpaired) electrons. The van der Waals surface area contributed by atoms with Gasteiger partial charge in [-0.25, -0.2) is 5.10 Å². The highest BCUT2D eigenvalue weighted by Crippen LogP contribution is 2.32. The van der Waals surface area contributed by atoms with Crippen molar-refractivity contribution in [2.75, 3.05) is 7.05 Å². The van der Waals surface area contributed by atoms with Crippen LogP contribution in [-0.4, -0.2) is 38.2 Å². The van der Waals surface area contributed by atoms with Crippen LogP contribution in [0.2, 0.25) is 0 Å². The van der Waals surface area contributed by atoms with E-state index < -0.39 is 11.5 Å². The molecule has 0 bridgehead atoms. The van der Waals surface area contributed by atoms with E-state index in [-0.39, 0.29) is 12.1 Å². The summed E-state index contributed by atoms with van der Waals surface area (Å²) in [5.41, 5.74) is 1.95. The zero-order valence-corrected chi connectivity index (χ0v) is 16.5. The van der Waals surface area contributed by atoms with E-state index in [2.05, 4.69) is 20.4 Å². The van der Waals surface area contributed by atoms with Gasteiger partial charge in [-0.15, -0.1) is 10.2 Å². The largest absolute Gasteiger partial charge is 0.424 e. The molecule has 4 rings (SSSR count). The van der Waals surface area contributed by atoms with Gasteiger partial charge in [0.25, 0.3) is 11.5 Å². The van der Waals surface area contributed by atoms with Gasteiger partial charge in [-0.2, -0.15) is 5.10 Å². The predicted octanol–water partition coefficient (Wildman–Crippen LogP) is 3.07. The molecule has 1 N–H and O–H groups in total. The number of hydrogen-bond donors (Lipinski definition) is 1. The summed E-state index contributed by atoms with van der Waals surface area (Å²) < 4.78 is 5.36. The Bertz CT molecular complexity index is 1230. The molecule has 150 valence electrons. The number of rotatable bonds is 5. The van der Waals surface area contributed by atoms with Gasteiger partial charge in [0.15, 0.2) is 0 Å². The summed E-state index contributed by atoms with van der Waals surface area (Å²) in [5, 5.41) is 14.4. The number of H-pyrrole nitrogens is 1. The van der Waals surface area contributed by atoms with E-state index in [9.17, 15) is 9.59 Å². The highest BCUT2D eigenvalue weighted by atomic mass is 16.4. The fourth-order valence-corrected chi connectivity index (χ4v) is 3.21. The van der Waals surface area contributed by atoms with Gasteiger partial charge in [0, 0.05) is 25.1 Å². The molecule has 0 atom stereocenters. The molecule has 0 unspecified atom stereocenters. The first-order chi connectivity index (χ1) is 14.5. The van der Waals surface area contributed by atoms with E-state index >= 15 is 0 Å². The molecule has 2 aromatic carbocycles. The molecule has 0 aliphatic rings. The van der Waals surface area contributed by atoms with Crippen LogP contribution in [0.4, 0.5) is 0 Å². The first kappa shape index (κ1) is 19.3. The van der Waals surface area contributed by atoms with Crippen molar-refractivity contribution in [2.45, 2.75) is 13.5 Å². The number of amides is 1. The first-order valence-corrected chi connectivity index (χ1v) is 9.32. The molecule has 30 heavy (non-hydrogen) atoms. The lowest BCUT2D eigenvalue weighted by molar-refractivity contribution is 0.0771. The van der Waals surface area contributed by atoms with Crippen LogP contribution >= 0.6 is 0 Å². The summed E-state index contributed by atoms with van der Waals surface area (Å²) in [7, 11) is 1.58. The quantitative estimate of drug-likeness (QED) is 0.551. The fourth-order valence-electron chi connectivity index (χ4n) is 3.21. The predicted molar refractivity (Wildman–Crippen MR) is 111 cm³/mol. The van der Waals surface area contributed by atoms with Crippen LogP contribution < -0.4 is 5.56 Å². The summed E-state index contributed by atoms with van der Waals surface area (Å²) in [6.45, 7) is 1.75. The Labute approximate surface area is 172 Å². The standard InChI is InChI=1S/C22H19N5O3/c1-14-23-24-17(30-14)13-27(2)22(29)19-18(15-9-5-3-6-10-15)20(25-26-21(19)28)16-11-7-4-8-12-16/h3-12H,13H2,1-2H3,(H,26,28). The maximum Gasteiger partial charge on any atom is 0.277 e. The molecule has 0 saturated carbocycles. The molecule has 0 aliphatic carbocycles. The van der Waals surface area contributed by atoms with Crippen molar-refractivity contribution < 1.29 is 9.21 Å². The van der Waals surface area contributed by atoms with Crippen molar-refractivity contribution in [1.82, 2.24) is 25.3 Å². The van der Waals surface area contributed by atoms with Crippen LogP contribution in [0.1, 0.15) is 22.1 Å². The van der Waals surface area contributed by atoms with Gasteiger partial charge < -0.3 is 9.32 Å². The monoisotopic (exact) mass is 401 g/mol. The van der Waals surface area contributed by atoms with Gasteiger partial charge in [0.1, 0.15) is 5.56 Å². The number of benzene rings is 2. The fraction of sp³-hybridized carbons (Fsp3) is 0.136. The first-order valence-electron chi connectivity index (χ1n) is 9.32. The van der Waals surface area contributed by atoms with Crippen LogP contribution in [0, 0.1) is 6.92 Å². The Kier molecular flexibility index (Phi) is 5.21. The normalized spacial score (nSPS) is 10.7. The Morgan fingerprint density at radius 1 is 1.00 bits per heavy atom. The van der Waals surface area contributed by atoms with Gasteiger partial charge in [0.05, 0.1) is 12.2 Å². The van der Waals surface area contributed by atoms with Crippen LogP contribution in [-0.2, 0) is 6.54 Å². The average Bonchev–Trinajstić information content (AvgIpc) is 3.18. The van der Waals surface area contributed by atoms with Crippen molar-refractivity contribution in [3.05, 3.63) is 88.4 Å². The summed E-state index contributed by atoms with van der Waals surface area (Å²) in [6, 6.07) is 18.7. The Morgan fingerprint density at radius 3 is 2.23 bits per heavy atom. The van der Waals surface area contributed by atoms with Gasteiger partial charge in [-0.1, -0.05) is 60.7 Å². The third-order valence-electron chi connectivity index (χ3n) is 4.59. The number of nitrogens with one attached hydrogen (secondary N) is 1. The molecular formula is C22H19N5O3. The third kappa shape index (κ3) is 3.75. The molecule has 2 heterocycles. The molecule has 2 aromatic heterocycles. The van der Waals surface area contributed by atoms with Gasteiger partial charge in [-0.05, 0) is 5.56 Å². The average molecular weight is 401 g/mol. The second-order valence-corrected chi connectivity index (χ2v) is 6.76. The van der Waals surface area contributed by atoms with Crippen molar-refractivity contribution >= 4 is 5.91 Å². The van der Waals surface area contributed by atoms with E-state index in [1.165, 1.54) is 4.90 Å². The van der Waals surface area contributed by atoms with E-state index in [0.29, 0.717) is 23.0 Å². The zero-order chi connectivity index (χ0) is 21.1. The Balaban J connectivity index is 1.86. The smallest absolute Gasteiger partial charge is 0.277 e. The maximum atomic E-state index is 13.3. The topological polar surface area (TPSA) is 105 Å². The van der Waals surface area contributed by atoms with E-state index in [1.54, 1.807) is 14.0 Å². The Hall–Kier alpha value is -4.07. The van der Waals surface area contributed by atoms with Gasteiger partial charge in [0.2, 0.25) is 11.8 Å². The van der Waals surface area contributed by atoms with E-state index in [1.807, 2.05) is 60.7 Å².